The van der Waals surface area contributed by atoms with Crippen LogP contribution < -0.4 is 16.0 Å². The maximum absolute atomic E-state index is 12.7. The van der Waals surface area contributed by atoms with Gasteiger partial charge in [0.25, 0.3) is 0 Å². The summed E-state index contributed by atoms with van der Waals surface area (Å²) in [6.45, 7) is 12.5. The van der Waals surface area contributed by atoms with Gasteiger partial charge in [0, 0.05) is 39.3 Å². The number of amides is 6. The summed E-state index contributed by atoms with van der Waals surface area (Å²) in [5, 5.41) is 16.5. The second-order valence-corrected chi connectivity index (χ2v) is 10.4. The molecule has 0 saturated heterocycles. The van der Waals surface area contributed by atoms with E-state index < -0.39 is 67.4 Å². The highest BCUT2D eigenvalue weighted by Crippen LogP contribution is 2.06. The zero-order valence-electron chi connectivity index (χ0n) is 27.1. The highest BCUT2D eigenvalue weighted by molar-refractivity contribution is 5.83. The van der Waals surface area contributed by atoms with E-state index in [4.69, 9.17) is 24.1 Å². The lowest BCUT2D eigenvalue weighted by atomic mass is 10.2. The Morgan fingerprint density at radius 1 is 0.617 bits per heavy atom. The largest absolute Gasteiger partial charge is 0.480 e. The molecule has 0 unspecified atom stereocenters. The van der Waals surface area contributed by atoms with E-state index in [1.807, 2.05) is 0 Å². The molecule has 0 aromatic rings. The third kappa shape index (κ3) is 21.1. The summed E-state index contributed by atoms with van der Waals surface area (Å²) >= 11 is 0. The van der Waals surface area contributed by atoms with E-state index in [1.165, 1.54) is 18.2 Å². The molecule has 264 valence electrons. The number of carbonyl (C=O) groups excluding carboxylic acids is 6. The fourth-order valence-corrected chi connectivity index (χ4v) is 3.26. The van der Waals surface area contributed by atoms with Crippen molar-refractivity contribution in [3.05, 3.63) is 38.0 Å². The number of alkyl carbamates (subject to hydrolysis) is 1. The number of aliphatic carboxylic acids is 1. The van der Waals surface area contributed by atoms with Gasteiger partial charge in [0.1, 0.15) is 45.1 Å². The number of rotatable bonds is 21. The normalized spacial score (nSPS) is 10.3. The molecule has 18 heteroatoms. The summed E-state index contributed by atoms with van der Waals surface area (Å²) in [6.07, 6.45) is 0.609. The van der Waals surface area contributed by atoms with Gasteiger partial charge in [0.2, 0.25) is 11.8 Å². The number of nitrogens with one attached hydrogen (secondary N) is 3. The van der Waals surface area contributed by atoms with Crippen LogP contribution in [0, 0.1) is 0 Å². The summed E-state index contributed by atoms with van der Waals surface area (Å²) in [6, 6.07) is 0. The molecule has 0 spiro atoms. The number of ether oxygens (including phenoxy) is 4. The molecule has 0 bridgehead atoms. The fraction of sp³-hybridized carbons (Fsp3) is 0.552. The van der Waals surface area contributed by atoms with Crippen molar-refractivity contribution in [1.29, 1.82) is 0 Å². The topological polar surface area (TPSA) is 222 Å². The first kappa shape index (κ1) is 41.7. The Kier molecular flexibility index (Phi) is 20.5. The highest BCUT2D eigenvalue weighted by Gasteiger charge is 2.23. The average Bonchev–Trinajstić information content (AvgIpc) is 2.98. The molecule has 4 N–H and O–H groups in total. The third-order valence-electron chi connectivity index (χ3n) is 5.20. The highest BCUT2D eigenvalue weighted by atomic mass is 16.6. The van der Waals surface area contributed by atoms with Crippen molar-refractivity contribution >= 4 is 42.2 Å². The van der Waals surface area contributed by atoms with Crippen LogP contribution in [0.25, 0.3) is 0 Å². The van der Waals surface area contributed by atoms with Crippen LogP contribution in [0.4, 0.5) is 19.2 Å². The molecule has 0 rings (SSSR count). The van der Waals surface area contributed by atoms with Crippen molar-refractivity contribution in [2.45, 2.75) is 26.4 Å². The van der Waals surface area contributed by atoms with Crippen LogP contribution in [0.1, 0.15) is 20.8 Å². The summed E-state index contributed by atoms with van der Waals surface area (Å²) in [4.78, 5) is 88.1. The van der Waals surface area contributed by atoms with Gasteiger partial charge in [-0.25, -0.2) is 19.2 Å². The van der Waals surface area contributed by atoms with Crippen molar-refractivity contribution in [2.75, 3.05) is 78.7 Å². The van der Waals surface area contributed by atoms with Gasteiger partial charge in [0.05, 0.1) is 0 Å². The first-order valence-electron chi connectivity index (χ1n) is 14.4. The van der Waals surface area contributed by atoms with Crippen LogP contribution in [0.2, 0.25) is 0 Å². The maximum atomic E-state index is 12.7. The minimum atomic E-state index is -1.29. The van der Waals surface area contributed by atoms with Gasteiger partial charge >= 0.3 is 30.3 Å². The smallest absolute Gasteiger partial charge is 0.410 e. The van der Waals surface area contributed by atoms with E-state index in [9.17, 15) is 33.6 Å². The van der Waals surface area contributed by atoms with Gasteiger partial charge in [-0.05, 0) is 20.8 Å². The summed E-state index contributed by atoms with van der Waals surface area (Å²) < 4.78 is 20.0. The monoisotopic (exact) mass is 670 g/mol. The van der Waals surface area contributed by atoms with Crippen molar-refractivity contribution in [1.82, 2.24) is 30.7 Å². The molecule has 0 fully saturated rings. The molecule has 0 atom stereocenters. The standard InChI is InChI=1S/C29H46N6O12/c1-7-16-44-26(41)33(19-22(36)31-11-14-35(21-24(38)39)28(43)46-18-9-3)13-10-30-23(37)20-34(27(42)45-17-8-2)15-12-32-25(40)47-29(4,5)6/h7-9H,1-3,10-21H2,4-6H3,(H,30,37)(H,31,36)(H,32,40)(H,38,39). The van der Waals surface area contributed by atoms with Crippen molar-refractivity contribution < 1.29 is 57.6 Å². The van der Waals surface area contributed by atoms with E-state index in [1.54, 1.807) is 20.8 Å². The zero-order valence-corrected chi connectivity index (χ0v) is 27.1. The van der Waals surface area contributed by atoms with E-state index in [0.29, 0.717) is 0 Å². The average molecular weight is 671 g/mol. The van der Waals surface area contributed by atoms with E-state index in [0.717, 1.165) is 14.7 Å². The van der Waals surface area contributed by atoms with Crippen LogP contribution in [0.15, 0.2) is 38.0 Å². The lowest BCUT2D eigenvalue weighted by molar-refractivity contribution is -0.138. The van der Waals surface area contributed by atoms with Gasteiger partial charge in [0.15, 0.2) is 0 Å². The Bertz CT molecular complexity index is 1110. The molecule has 0 heterocycles. The molecule has 0 aliphatic carbocycles. The van der Waals surface area contributed by atoms with E-state index >= 15 is 0 Å². The first-order valence-corrected chi connectivity index (χ1v) is 14.4. The Hall–Kier alpha value is -5.29. The molecular formula is C29H46N6O12. The first-order chi connectivity index (χ1) is 22.1. The van der Waals surface area contributed by atoms with Gasteiger partial charge < -0.3 is 40.0 Å². The number of carbonyl (C=O) groups is 7. The Labute approximate surface area is 273 Å². The Morgan fingerprint density at radius 2 is 0.957 bits per heavy atom. The molecule has 0 aromatic heterocycles. The number of hydrogen-bond acceptors (Lipinski definition) is 11. The van der Waals surface area contributed by atoms with E-state index in [-0.39, 0.29) is 59.1 Å². The zero-order chi connectivity index (χ0) is 35.8. The minimum Gasteiger partial charge on any atom is -0.480 e. The van der Waals surface area contributed by atoms with Crippen LogP contribution in [-0.2, 0) is 33.3 Å². The maximum Gasteiger partial charge on any atom is 0.410 e. The van der Waals surface area contributed by atoms with Gasteiger partial charge in [-0.2, -0.15) is 0 Å². The molecule has 0 aromatic carbocycles. The SMILES string of the molecule is C=CCOC(=O)N(CCNC(=O)CN(CCNC(=O)CN(CCNC(=O)OC(C)(C)C)C(=O)OCC=C)C(=O)OCC=C)CC(=O)O. The summed E-state index contributed by atoms with van der Waals surface area (Å²) in [5.41, 5.74) is -0.733. The van der Waals surface area contributed by atoms with Gasteiger partial charge in [-0.15, -0.1) is 0 Å². The van der Waals surface area contributed by atoms with Gasteiger partial charge in [-0.1, -0.05) is 38.0 Å². The number of carboxylic acids is 1. The lowest BCUT2D eigenvalue weighted by Gasteiger charge is -2.24. The van der Waals surface area contributed by atoms with Crippen molar-refractivity contribution in [2.24, 2.45) is 0 Å². The van der Waals surface area contributed by atoms with Gasteiger partial charge in [-0.3, -0.25) is 29.1 Å². The second kappa shape index (κ2) is 23.1. The Balaban J connectivity index is 5.17. The number of nitrogens with zero attached hydrogens (tertiary/aromatic N) is 3. The molecule has 6 amide bonds. The summed E-state index contributed by atoms with van der Waals surface area (Å²) in [5.74, 6) is -2.60. The van der Waals surface area contributed by atoms with Crippen molar-refractivity contribution in [3.8, 4) is 0 Å². The molecule has 18 nitrogen and oxygen atoms in total. The molecule has 0 aliphatic rings. The van der Waals surface area contributed by atoms with Crippen LogP contribution >= 0.6 is 0 Å². The molecular weight excluding hydrogens is 624 g/mol. The predicted octanol–water partition coefficient (Wildman–Crippen LogP) is 0.702. The summed E-state index contributed by atoms with van der Waals surface area (Å²) in [7, 11) is 0. The molecule has 47 heavy (non-hydrogen) atoms. The van der Waals surface area contributed by atoms with E-state index in [2.05, 4.69) is 35.7 Å². The quantitative estimate of drug-likeness (QED) is 0.0979. The third-order valence-corrected chi connectivity index (χ3v) is 5.20. The number of carboxylic acid groups (broad SMARTS) is 1. The van der Waals surface area contributed by atoms with Crippen LogP contribution in [-0.4, -0.2) is 146 Å². The minimum absolute atomic E-state index is 0.0481. The molecule has 0 saturated carbocycles. The number of hydrogen-bond donors (Lipinski definition) is 4. The lowest BCUT2D eigenvalue weighted by Crippen LogP contribution is -2.48. The fourth-order valence-electron chi connectivity index (χ4n) is 3.26. The molecule has 0 aliphatic heterocycles. The van der Waals surface area contributed by atoms with Crippen molar-refractivity contribution in [3.63, 3.8) is 0 Å². The van der Waals surface area contributed by atoms with Crippen LogP contribution in [0.5, 0.6) is 0 Å². The predicted molar refractivity (Wildman–Crippen MR) is 167 cm³/mol. The van der Waals surface area contributed by atoms with Crippen LogP contribution in [0.3, 0.4) is 0 Å². The second-order valence-electron chi connectivity index (χ2n) is 10.4. The molecule has 0 radical (unpaired) electrons. The Morgan fingerprint density at radius 3 is 1.28 bits per heavy atom.